The van der Waals surface area contributed by atoms with Gasteiger partial charge in [-0.05, 0) is 48.7 Å². The molecule has 8 heteroatoms. The number of amides is 3. The van der Waals surface area contributed by atoms with E-state index in [-0.39, 0.29) is 23.5 Å². The number of phenols is 1. The SMILES string of the molecule is CCCCN1C(=O)[C@@H]2[C@H](Cc3ccc(O)cc3)N[C@@]3(C(=O)Nc4ccc(Br)cc43)[C@@H]2C1=O. The molecule has 2 fully saturated rings. The number of rotatable bonds is 5. The van der Waals surface area contributed by atoms with Crippen LogP contribution in [0.4, 0.5) is 5.69 Å². The van der Waals surface area contributed by atoms with Gasteiger partial charge in [0.25, 0.3) is 0 Å². The summed E-state index contributed by atoms with van der Waals surface area (Å²) in [7, 11) is 0. The summed E-state index contributed by atoms with van der Waals surface area (Å²) >= 11 is 3.48. The third-order valence-corrected chi connectivity index (χ3v) is 7.39. The van der Waals surface area contributed by atoms with Crippen LogP contribution in [0.5, 0.6) is 5.75 Å². The first-order valence-corrected chi connectivity index (χ1v) is 11.7. The lowest BCUT2D eigenvalue weighted by Gasteiger charge is -2.29. The fourth-order valence-electron chi connectivity index (χ4n) is 5.43. The molecule has 2 aromatic carbocycles. The van der Waals surface area contributed by atoms with Gasteiger partial charge in [-0.25, -0.2) is 0 Å². The van der Waals surface area contributed by atoms with E-state index in [2.05, 4.69) is 26.6 Å². The summed E-state index contributed by atoms with van der Waals surface area (Å²) in [5.74, 6) is -2.06. The highest BCUT2D eigenvalue weighted by Crippen LogP contribution is 2.53. The number of nitrogens with one attached hydrogen (secondary N) is 2. The first-order valence-electron chi connectivity index (χ1n) is 10.9. The van der Waals surface area contributed by atoms with Crippen LogP contribution in [0.1, 0.15) is 30.9 Å². The van der Waals surface area contributed by atoms with Gasteiger partial charge >= 0.3 is 0 Å². The van der Waals surface area contributed by atoms with E-state index in [9.17, 15) is 19.5 Å². The quantitative estimate of drug-likeness (QED) is 0.551. The first kappa shape index (κ1) is 21.2. The summed E-state index contributed by atoms with van der Waals surface area (Å²) < 4.78 is 0.798. The third-order valence-electron chi connectivity index (χ3n) is 6.90. The minimum Gasteiger partial charge on any atom is -0.508 e. The number of benzene rings is 2. The van der Waals surface area contributed by atoms with Crippen molar-refractivity contribution in [3.05, 3.63) is 58.1 Å². The van der Waals surface area contributed by atoms with Gasteiger partial charge in [0.2, 0.25) is 17.7 Å². The zero-order chi connectivity index (χ0) is 22.6. The predicted octanol–water partition coefficient (Wildman–Crippen LogP) is 2.92. The lowest BCUT2D eigenvalue weighted by molar-refractivity contribution is -0.142. The summed E-state index contributed by atoms with van der Waals surface area (Å²) in [5, 5.41) is 16.0. The number of carbonyl (C=O) groups is 3. The van der Waals surface area contributed by atoms with E-state index in [1.54, 1.807) is 24.3 Å². The average molecular weight is 498 g/mol. The van der Waals surface area contributed by atoms with Crippen molar-refractivity contribution in [2.75, 3.05) is 11.9 Å². The number of halogens is 1. The number of carbonyl (C=O) groups excluding carboxylic acids is 3. The van der Waals surface area contributed by atoms with Gasteiger partial charge < -0.3 is 10.4 Å². The molecular weight excluding hydrogens is 474 g/mol. The second-order valence-corrected chi connectivity index (χ2v) is 9.67. The van der Waals surface area contributed by atoms with Crippen molar-refractivity contribution in [3.63, 3.8) is 0 Å². The maximum absolute atomic E-state index is 13.6. The molecule has 0 aromatic heterocycles. The summed E-state index contributed by atoms with van der Waals surface area (Å²) in [5.41, 5.74) is 0.968. The minimum atomic E-state index is -1.29. The molecule has 7 nitrogen and oxygen atoms in total. The number of hydrogen-bond acceptors (Lipinski definition) is 5. The number of nitrogens with zero attached hydrogens (tertiary/aromatic N) is 1. The monoisotopic (exact) mass is 497 g/mol. The molecule has 3 N–H and O–H groups in total. The molecule has 5 rings (SSSR count). The van der Waals surface area contributed by atoms with Crippen molar-refractivity contribution in [2.24, 2.45) is 11.8 Å². The van der Waals surface area contributed by atoms with Crippen LogP contribution in [-0.4, -0.2) is 40.3 Å². The van der Waals surface area contributed by atoms with Gasteiger partial charge in [0, 0.05) is 28.3 Å². The van der Waals surface area contributed by atoms with E-state index in [1.165, 1.54) is 4.90 Å². The number of aromatic hydroxyl groups is 1. The van der Waals surface area contributed by atoms with Gasteiger partial charge in [-0.3, -0.25) is 24.6 Å². The van der Waals surface area contributed by atoms with Crippen LogP contribution in [-0.2, 0) is 26.3 Å². The molecule has 2 saturated heterocycles. The number of likely N-dealkylation sites (tertiary alicyclic amines) is 1. The van der Waals surface area contributed by atoms with Crippen LogP contribution in [0.15, 0.2) is 46.9 Å². The highest BCUT2D eigenvalue weighted by molar-refractivity contribution is 9.10. The maximum atomic E-state index is 13.6. The van der Waals surface area contributed by atoms with Gasteiger partial charge in [0.15, 0.2) is 0 Å². The van der Waals surface area contributed by atoms with Gasteiger partial charge in [-0.15, -0.1) is 0 Å². The first-order chi connectivity index (χ1) is 15.4. The molecule has 3 heterocycles. The smallest absolute Gasteiger partial charge is 0.250 e. The van der Waals surface area contributed by atoms with Crippen LogP contribution in [0.2, 0.25) is 0 Å². The van der Waals surface area contributed by atoms with Crippen molar-refractivity contribution in [1.82, 2.24) is 10.2 Å². The minimum absolute atomic E-state index is 0.161. The lowest BCUT2D eigenvalue weighted by Crippen LogP contribution is -2.53. The molecule has 1 spiro atoms. The molecule has 0 aliphatic carbocycles. The fraction of sp³-hybridized carbons (Fsp3) is 0.375. The Morgan fingerprint density at radius 3 is 2.56 bits per heavy atom. The second-order valence-electron chi connectivity index (χ2n) is 8.76. The zero-order valence-electron chi connectivity index (χ0n) is 17.6. The largest absolute Gasteiger partial charge is 0.508 e. The Morgan fingerprint density at radius 2 is 1.84 bits per heavy atom. The number of hydrogen-bond donors (Lipinski definition) is 3. The van der Waals surface area contributed by atoms with Crippen LogP contribution >= 0.6 is 15.9 Å². The molecule has 3 aliphatic rings. The predicted molar refractivity (Wildman–Crippen MR) is 122 cm³/mol. The summed E-state index contributed by atoms with van der Waals surface area (Å²) in [6.45, 7) is 2.39. The standard InChI is InChI=1S/C24H24BrN3O4/c1-2-3-10-28-21(30)19-18(11-13-4-7-15(29)8-5-13)27-24(20(19)22(28)31)16-12-14(25)6-9-17(16)26-23(24)32/h4-9,12,18-20,27,29H,2-3,10-11H2,1H3,(H,26,32)/t18-,19+,20-,24+/m0/s1. The van der Waals surface area contributed by atoms with Gasteiger partial charge in [0.1, 0.15) is 11.3 Å². The van der Waals surface area contributed by atoms with Crippen LogP contribution in [0.25, 0.3) is 0 Å². The summed E-state index contributed by atoms with van der Waals surface area (Å²) in [4.78, 5) is 41.8. The van der Waals surface area contributed by atoms with Gasteiger partial charge in [-0.2, -0.15) is 0 Å². The fourth-order valence-corrected chi connectivity index (χ4v) is 5.79. The average Bonchev–Trinajstić information content (AvgIpc) is 3.34. The van der Waals surface area contributed by atoms with Crippen molar-refractivity contribution < 1.29 is 19.5 Å². The van der Waals surface area contributed by atoms with Crippen LogP contribution in [0.3, 0.4) is 0 Å². The van der Waals surface area contributed by atoms with Crippen molar-refractivity contribution in [1.29, 1.82) is 0 Å². The molecule has 4 atom stereocenters. The molecule has 3 amide bonds. The number of imide groups is 1. The highest BCUT2D eigenvalue weighted by atomic mass is 79.9. The Kier molecular flexibility index (Phi) is 5.09. The number of phenolic OH excluding ortho intramolecular Hbond substituents is 1. The molecule has 32 heavy (non-hydrogen) atoms. The molecule has 0 bridgehead atoms. The van der Waals surface area contributed by atoms with Crippen molar-refractivity contribution >= 4 is 39.3 Å². The Balaban J connectivity index is 1.61. The van der Waals surface area contributed by atoms with E-state index in [4.69, 9.17) is 0 Å². The van der Waals surface area contributed by atoms with E-state index < -0.39 is 23.4 Å². The molecule has 166 valence electrons. The zero-order valence-corrected chi connectivity index (χ0v) is 19.2. The van der Waals surface area contributed by atoms with E-state index in [0.717, 1.165) is 22.9 Å². The van der Waals surface area contributed by atoms with Gasteiger partial charge in [0.05, 0.1) is 11.8 Å². The summed E-state index contributed by atoms with van der Waals surface area (Å²) in [6, 6.07) is 11.9. The van der Waals surface area contributed by atoms with E-state index in [1.807, 2.05) is 25.1 Å². The molecular formula is C24H24BrN3O4. The van der Waals surface area contributed by atoms with E-state index >= 15 is 0 Å². The molecule has 0 radical (unpaired) electrons. The number of anilines is 1. The normalized spacial score (nSPS) is 28.4. The van der Waals surface area contributed by atoms with Crippen molar-refractivity contribution in [2.45, 2.75) is 37.8 Å². The highest BCUT2D eigenvalue weighted by Gasteiger charge is 2.70. The third kappa shape index (κ3) is 3.00. The van der Waals surface area contributed by atoms with Crippen LogP contribution < -0.4 is 10.6 Å². The molecule has 0 unspecified atom stereocenters. The molecule has 2 aromatic rings. The Hall–Kier alpha value is -2.71. The summed E-state index contributed by atoms with van der Waals surface area (Å²) in [6.07, 6.45) is 2.05. The second kappa shape index (κ2) is 7.71. The van der Waals surface area contributed by atoms with Crippen molar-refractivity contribution in [3.8, 4) is 5.75 Å². The van der Waals surface area contributed by atoms with E-state index in [0.29, 0.717) is 24.2 Å². The maximum Gasteiger partial charge on any atom is 0.250 e. The Bertz CT molecular complexity index is 1120. The lowest BCUT2D eigenvalue weighted by atomic mass is 9.76. The van der Waals surface area contributed by atoms with Gasteiger partial charge in [-0.1, -0.05) is 41.4 Å². The Morgan fingerprint density at radius 1 is 1.09 bits per heavy atom. The Labute approximate surface area is 194 Å². The molecule has 0 saturated carbocycles. The number of fused-ring (bicyclic) bond motifs is 4. The molecule has 3 aliphatic heterocycles. The topological polar surface area (TPSA) is 98.7 Å². The number of unbranched alkanes of at least 4 members (excludes halogenated alkanes) is 1. The van der Waals surface area contributed by atoms with Crippen LogP contribution in [0, 0.1) is 11.8 Å².